The predicted octanol–water partition coefficient (Wildman–Crippen LogP) is 3.11. The minimum absolute atomic E-state index is 0.102. The number of aromatic hydroxyl groups is 1. The Labute approximate surface area is 137 Å². The van der Waals surface area contributed by atoms with Crippen LogP contribution in [-0.2, 0) is 6.54 Å². The molecule has 5 heteroatoms. The van der Waals surface area contributed by atoms with Crippen LogP contribution in [0.15, 0.2) is 12.1 Å². The van der Waals surface area contributed by atoms with Crippen molar-refractivity contribution in [1.29, 1.82) is 0 Å². The molecule has 0 aliphatic carbocycles. The molecule has 2 aliphatic heterocycles. The Bertz CT molecular complexity index is 518. The maximum absolute atomic E-state index is 9.78. The van der Waals surface area contributed by atoms with Crippen molar-refractivity contribution in [3.8, 4) is 11.5 Å². The summed E-state index contributed by atoms with van der Waals surface area (Å²) in [6.45, 7) is 5.56. The normalized spacial score (nSPS) is 23.8. The Morgan fingerprint density at radius 1 is 1.23 bits per heavy atom. The largest absolute Gasteiger partial charge is 0.504 e. The molecule has 0 radical (unpaired) electrons. The summed E-state index contributed by atoms with van der Waals surface area (Å²) >= 11 is 6.29. The molecular weight excluding hydrogens is 300 g/mol. The molecule has 1 atom stereocenters. The van der Waals surface area contributed by atoms with Crippen LogP contribution < -0.4 is 4.74 Å². The summed E-state index contributed by atoms with van der Waals surface area (Å²) in [6, 6.07) is 4.13. The van der Waals surface area contributed by atoms with Crippen LogP contribution in [0.25, 0.3) is 0 Å². The van der Waals surface area contributed by atoms with Gasteiger partial charge in [0.05, 0.1) is 7.11 Å². The zero-order valence-corrected chi connectivity index (χ0v) is 14.0. The number of phenols is 1. The Morgan fingerprint density at radius 3 is 2.73 bits per heavy atom. The first kappa shape index (κ1) is 15.9. The molecule has 2 saturated heterocycles. The summed E-state index contributed by atoms with van der Waals surface area (Å²) in [5, 5.41) is 10.4. The minimum atomic E-state index is 0.102. The first-order chi connectivity index (χ1) is 10.7. The number of likely N-dealkylation sites (tertiary alicyclic amines) is 2. The Morgan fingerprint density at radius 2 is 2.00 bits per heavy atom. The molecule has 2 heterocycles. The molecular formula is C17H25ClN2O2. The standard InChI is InChI=1S/C17H25ClN2O2/c1-22-17-9-13(15(18)10-16(17)21)11-19-6-4-5-14(12-19)20-7-2-3-8-20/h9-10,14,21H,2-8,11-12H2,1H3/t14-/m0/s1. The van der Waals surface area contributed by atoms with E-state index in [1.807, 2.05) is 6.07 Å². The maximum Gasteiger partial charge on any atom is 0.160 e. The number of methoxy groups -OCH3 is 1. The second kappa shape index (κ2) is 7.07. The van der Waals surface area contributed by atoms with Gasteiger partial charge in [-0.15, -0.1) is 0 Å². The first-order valence-corrected chi connectivity index (χ1v) is 8.57. The summed E-state index contributed by atoms with van der Waals surface area (Å²) in [5.74, 6) is 0.595. The highest BCUT2D eigenvalue weighted by Gasteiger charge is 2.27. The van der Waals surface area contributed by atoms with E-state index in [0.29, 0.717) is 16.8 Å². The van der Waals surface area contributed by atoms with Crippen molar-refractivity contribution in [2.24, 2.45) is 0 Å². The number of phenolic OH excluding ortho intramolecular Hbond substituents is 1. The highest BCUT2D eigenvalue weighted by molar-refractivity contribution is 6.31. The van der Waals surface area contributed by atoms with Crippen LogP contribution in [0.4, 0.5) is 0 Å². The first-order valence-electron chi connectivity index (χ1n) is 8.19. The summed E-state index contributed by atoms with van der Waals surface area (Å²) in [4.78, 5) is 5.12. The number of benzene rings is 1. The van der Waals surface area contributed by atoms with Crippen LogP contribution in [-0.4, -0.2) is 54.2 Å². The third kappa shape index (κ3) is 3.50. The van der Waals surface area contributed by atoms with Crippen molar-refractivity contribution in [3.05, 3.63) is 22.7 Å². The lowest BCUT2D eigenvalue weighted by Crippen LogP contribution is -2.46. The van der Waals surface area contributed by atoms with Crippen LogP contribution in [0.2, 0.25) is 5.02 Å². The molecule has 0 amide bonds. The molecule has 1 aromatic rings. The fourth-order valence-electron chi connectivity index (χ4n) is 3.69. The second-order valence-electron chi connectivity index (χ2n) is 6.39. The fraction of sp³-hybridized carbons (Fsp3) is 0.647. The average molecular weight is 325 g/mol. The number of piperidine rings is 1. The van der Waals surface area contributed by atoms with Gasteiger partial charge in [-0.1, -0.05) is 11.6 Å². The topological polar surface area (TPSA) is 35.9 Å². The zero-order chi connectivity index (χ0) is 15.5. The third-order valence-corrected chi connectivity index (χ3v) is 5.23. The van der Waals surface area contributed by atoms with E-state index >= 15 is 0 Å². The van der Waals surface area contributed by atoms with Crippen molar-refractivity contribution < 1.29 is 9.84 Å². The molecule has 1 N–H and O–H groups in total. The zero-order valence-electron chi connectivity index (χ0n) is 13.2. The van der Waals surface area contributed by atoms with Crippen LogP contribution in [0.1, 0.15) is 31.2 Å². The monoisotopic (exact) mass is 324 g/mol. The van der Waals surface area contributed by atoms with Gasteiger partial charge in [0, 0.05) is 30.2 Å². The number of ether oxygens (including phenoxy) is 1. The molecule has 122 valence electrons. The van der Waals surface area contributed by atoms with E-state index in [1.165, 1.54) is 38.8 Å². The molecule has 0 spiro atoms. The summed E-state index contributed by atoms with van der Waals surface area (Å²) < 4.78 is 5.20. The quantitative estimate of drug-likeness (QED) is 0.923. The van der Waals surface area contributed by atoms with Gasteiger partial charge in [0.25, 0.3) is 0 Å². The van der Waals surface area contributed by atoms with Gasteiger partial charge in [-0.2, -0.15) is 0 Å². The van der Waals surface area contributed by atoms with E-state index < -0.39 is 0 Å². The predicted molar refractivity (Wildman–Crippen MR) is 88.8 cm³/mol. The molecule has 2 aliphatic rings. The number of nitrogens with zero attached hydrogens (tertiary/aromatic N) is 2. The van der Waals surface area contributed by atoms with Gasteiger partial charge in [-0.05, 0) is 56.9 Å². The lowest BCUT2D eigenvalue weighted by molar-refractivity contribution is 0.110. The molecule has 1 aromatic carbocycles. The van der Waals surface area contributed by atoms with E-state index in [2.05, 4.69) is 9.80 Å². The van der Waals surface area contributed by atoms with Crippen molar-refractivity contribution in [2.75, 3.05) is 33.3 Å². The number of hydrogen-bond acceptors (Lipinski definition) is 4. The van der Waals surface area contributed by atoms with Gasteiger partial charge in [-0.25, -0.2) is 0 Å². The van der Waals surface area contributed by atoms with Crippen LogP contribution >= 0.6 is 11.6 Å². The van der Waals surface area contributed by atoms with Crippen LogP contribution in [0, 0.1) is 0 Å². The Hall–Kier alpha value is -0.970. The molecule has 0 aromatic heterocycles. The van der Waals surface area contributed by atoms with Gasteiger partial charge in [0.1, 0.15) is 0 Å². The molecule has 3 rings (SSSR count). The molecule has 0 unspecified atom stereocenters. The van der Waals surface area contributed by atoms with E-state index in [0.717, 1.165) is 25.2 Å². The lowest BCUT2D eigenvalue weighted by Gasteiger charge is -2.37. The lowest BCUT2D eigenvalue weighted by atomic mass is 10.0. The summed E-state index contributed by atoms with van der Waals surface area (Å²) in [7, 11) is 1.57. The molecule has 0 bridgehead atoms. The van der Waals surface area contributed by atoms with Crippen molar-refractivity contribution in [2.45, 2.75) is 38.3 Å². The highest BCUT2D eigenvalue weighted by Crippen LogP contribution is 2.33. The van der Waals surface area contributed by atoms with E-state index in [1.54, 1.807) is 13.2 Å². The Balaban J connectivity index is 1.67. The maximum atomic E-state index is 9.78. The van der Waals surface area contributed by atoms with Crippen molar-refractivity contribution in [3.63, 3.8) is 0 Å². The second-order valence-corrected chi connectivity index (χ2v) is 6.80. The van der Waals surface area contributed by atoms with Crippen LogP contribution in [0.3, 0.4) is 0 Å². The molecule has 22 heavy (non-hydrogen) atoms. The van der Waals surface area contributed by atoms with Crippen LogP contribution in [0.5, 0.6) is 11.5 Å². The summed E-state index contributed by atoms with van der Waals surface area (Å²) in [5.41, 5.74) is 1.03. The minimum Gasteiger partial charge on any atom is -0.504 e. The van der Waals surface area contributed by atoms with Gasteiger partial charge in [0.2, 0.25) is 0 Å². The summed E-state index contributed by atoms with van der Waals surface area (Å²) in [6.07, 6.45) is 5.24. The molecule has 2 fully saturated rings. The van der Waals surface area contributed by atoms with Crippen molar-refractivity contribution in [1.82, 2.24) is 9.80 Å². The van der Waals surface area contributed by atoms with Gasteiger partial charge < -0.3 is 9.84 Å². The van der Waals surface area contributed by atoms with Gasteiger partial charge >= 0.3 is 0 Å². The molecule has 4 nitrogen and oxygen atoms in total. The highest BCUT2D eigenvalue weighted by atomic mass is 35.5. The Kier molecular flexibility index (Phi) is 5.11. The third-order valence-electron chi connectivity index (χ3n) is 4.88. The van der Waals surface area contributed by atoms with Gasteiger partial charge in [0.15, 0.2) is 11.5 Å². The average Bonchev–Trinajstić information content (AvgIpc) is 3.05. The van der Waals surface area contributed by atoms with Gasteiger partial charge in [-0.3, -0.25) is 9.80 Å². The van der Waals surface area contributed by atoms with Crippen molar-refractivity contribution >= 4 is 11.6 Å². The SMILES string of the molecule is COc1cc(CN2CCC[C@H](N3CCCC3)C2)c(Cl)cc1O. The fourth-order valence-corrected chi connectivity index (χ4v) is 3.91. The number of hydrogen-bond donors (Lipinski definition) is 1. The molecule has 0 saturated carbocycles. The van der Waals surface area contributed by atoms with E-state index in [4.69, 9.17) is 16.3 Å². The smallest absolute Gasteiger partial charge is 0.160 e. The number of halogens is 1. The van der Waals surface area contributed by atoms with E-state index in [-0.39, 0.29) is 5.75 Å². The number of rotatable bonds is 4. The van der Waals surface area contributed by atoms with E-state index in [9.17, 15) is 5.11 Å².